The molecule has 3 rings (SSSR count). The minimum Gasteiger partial charge on any atom is -0.481 e. The van der Waals surface area contributed by atoms with Crippen molar-refractivity contribution < 1.29 is 32.6 Å². The van der Waals surface area contributed by atoms with Crippen LogP contribution in [-0.2, 0) is 25.9 Å². The number of amides is 1. The van der Waals surface area contributed by atoms with Crippen LogP contribution in [-0.4, -0.2) is 47.7 Å². The number of hydrogen-bond donors (Lipinski definition) is 1. The fourth-order valence-corrected chi connectivity index (χ4v) is 4.12. The van der Waals surface area contributed by atoms with E-state index in [0.29, 0.717) is 24.9 Å². The van der Waals surface area contributed by atoms with E-state index in [1.54, 1.807) is 11.0 Å². The lowest BCUT2D eigenvalue weighted by Crippen LogP contribution is -2.52. The fourth-order valence-electron chi connectivity index (χ4n) is 4.12. The Morgan fingerprint density at radius 1 is 1.26 bits per heavy atom. The molecule has 1 heterocycles. The third-order valence-electron chi connectivity index (χ3n) is 5.44. The smallest absolute Gasteiger partial charge is 0.416 e. The van der Waals surface area contributed by atoms with Crippen LogP contribution in [0, 0.1) is 0 Å². The monoisotopic (exact) mass is 385 g/mol. The summed E-state index contributed by atoms with van der Waals surface area (Å²) in [6.07, 6.45) is -2.75. The molecule has 8 heteroatoms. The first-order valence-electron chi connectivity index (χ1n) is 9.03. The molecule has 0 aromatic heterocycles. The molecule has 0 spiro atoms. The first-order valence-corrected chi connectivity index (χ1v) is 9.03. The van der Waals surface area contributed by atoms with Crippen molar-refractivity contribution in [1.29, 1.82) is 0 Å². The van der Waals surface area contributed by atoms with Crippen LogP contribution in [0.15, 0.2) is 24.3 Å². The molecule has 1 aliphatic carbocycles. The van der Waals surface area contributed by atoms with Crippen LogP contribution in [0.25, 0.3) is 0 Å². The Labute approximate surface area is 155 Å². The molecular formula is C19H22F3NO4. The summed E-state index contributed by atoms with van der Waals surface area (Å²) < 4.78 is 44.8. The Morgan fingerprint density at radius 3 is 2.59 bits per heavy atom. The van der Waals surface area contributed by atoms with Crippen LogP contribution in [0.3, 0.4) is 0 Å². The van der Waals surface area contributed by atoms with Crippen molar-refractivity contribution in [3.63, 3.8) is 0 Å². The number of rotatable bonds is 4. The minimum atomic E-state index is -4.47. The number of alkyl halides is 3. The van der Waals surface area contributed by atoms with Gasteiger partial charge in [0, 0.05) is 13.1 Å². The van der Waals surface area contributed by atoms with Crippen LogP contribution in [0.2, 0.25) is 0 Å². The molecule has 1 saturated carbocycles. The highest BCUT2D eigenvalue weighted by Gasteiger charge is 2.46. The number of carboxylic acids is 1. The van der Waals surface area contributed by atoms with Gasteiger partial charge in [0.15, 0.2) is 0 Å². The van der Waals surface area contributed by atoms with Gasteiger partial charge < -0.3 is 14.7 Å². The lowest BCUT2D eigenvalue weighted by atomic mass is 9.76. The van der Waals surface area contributed by atoms with Gasteiger partial charge in [0.25, 0.3) is 0 Å². The summed E-state index contributed by atoms with van der Waals surface area (Å²) in [7, 11) is 0. The third-order valence-corrected chi connectivity index (χ3v) is 5.44. The van der Waals surface area contributed by atoms with Gasteiger partial charge in [0.1, 0.15) is 0 Å². The number of carbonyl (C=O) groups excluding carboxylic acids is 1. The zero-order chi connectivity index (χ0) is 19.7. The van der Waals surface area contributed by atoms with Crippen LogP contribution in [0.5, 0.6) is 0 Å². The van der Waals surface area contributed by atoms with Crippen molar-refractivity contribution in [2.24, 2.45) is 0 Å². The highest BCUT2D eigenvalue weighted by atomic mass is 19.4. The molecule has 1 aromatic carbocycles. The van der Waals surface area contributed by atoms with Crippen molar-refractivity contribution in [2.75, 3.05) is 19.7 Å². The molecule has 1 unspecified atom stereocenters. The first kappa shape index (κ1) is 19.7. The molecule has 27 heavy (non-hydrogen) atoms. The van der Waals surface area contributed by atoms with E-state index < -0.39 is 29.2 Å². The number of carbonyl (C=O) groups is 2. The number of hydrogen-bond acceptors (Lipinski definition) is 3. The average molecular weight is 385 g/mol. The van der Waals surface area contributed by atoms with Gasteiger partial charge in [-0.25, -0.2) is 0 Å². The maximum atomic E-state index is 13.4. The number of halogens is 3. The third kappa shape index (κ3) is 4.10. The molecule has 1 amide bonds. The van der Waals surface area contributed by atoms with Gasteiger partial charge in [-0.2, -0.15) is 13.2 Å². The highest BCUT2D eigenvalue weighted by Crippen LogP contribution is 2.44. The largest absolute Gasteiger partial charge is 0.481 e. The van der Waals surface area contributed by atoms with Gasteiger partial charge in [-0.05, 0) is 24.5 Å². The summed E-state index contributed by atoms with van der Waals surface area (Å²) in [6.45, 7) is 0.684. The van der Waals surface area contributed by atoms with Gasteiger partial charge in [0.05, 0.1) is 30.1 Å². The quantitative estimate of drug-likeness (QED) is 0.864. The number of aliphatic carboxylic acids is 1. The number of morpholine rings is 1. The molecule has 0 bridgehead atoms. The summed E-state index contributed by atoms with van der Waals surface area (Å²) in [5, 5.41) is 8.95. The summed E-state index contributed by atoms with van der Waals surface area (Å²) in [6, 6.07) is 5.03. The lowest BCUT2D eigenvalue weighted by molar-refractivity contribution is -0.151. The van der Waals surface area contributed by atoms with Crippen LogP contribution >= 0.6 is 0 Å². The number of carboxylic acid groups (broad SMARTS) is 1. The summed E-state index contributed by atoms with van der Waals surface area (Å²) in [5.74, 6) is -1.24. The van der Waals surface area contributed by atoms with E-state index in [2.05, 4.69) is 0 Å². The van der Waals surface area contributed by atoms with E-state index in [1.165, 1.54) is 6.07 Å². The van der Waals surface area contributed by atoms with E-state index in [4.69, 9.17) is 9.84 Å². The average Bonchev–Trinajstić information content (AvgIpc) is 3.11. The molecule has 5 nitrogen and oxygen atoms in total. The van der Waals surface area contributed by atoms with Crippen molar-refractivity contribution in [1.82, 2.24) is 4.90 Å². The second-order valence-electron chi connectivity index (χ2n) is 7.21. The van der Waals surface area contributed by atoms with Crippen molar-refractivity contribution in [3.05, 3.63) is 35.4 Å². The Balaban J connectivity index is 1.88. The van der Waals surface area contributed by atoms with Crippen molar-refractivity contribution >= 4 is 11.9 Å². The molecule has 1 N–H and O–H groups in total. The van der Waals surface area contributed by atoms with E-state index in [1.807, 2.05) is 0 Å². The van der Waals surface area contributed by atoms with Crippen molar-refractivity contribution in [3.8, 4) is 0 Å². The summed E-state index contributed by atoms with van der Waals surface area (Å²) in [5.41, 5.74) is -1.35. The molecule has 1 aliphatic heterocycles. The fraction of sp³-hybridized carbons (Fsp3) is 0.579. The summed E-state index contributed by atoms with van der Waals surface area (Å²) >= 11 is 0. The maximum absolute atomic E-state index is 13.4. The van der Waals surface area contributed by atoms with Crippen LogP contribution in [0.1, 0.15) is 43.2 Å². The standard InChI is InChI=1S/C19H22F3NO4/c20-19(21,22)14-5-3-4-13(10-14)18(6-1-2-7-18)17(26)23-8-9-27-15(12-23)11-16(24)25/h3-5,10,15H,1-2,6-9,11-12H2,(H,24,25). The SMILES string of the molecule is O=C(O)CC1CN(C(=O)C2(c3cccc(C(F)(F)F)c3)CCCC2)CCO1. The summed E-state index contributed by atoms with van der Waals surface area (Å²) in [4.78, 5) is 25.8. The zero-order valence-electron chi connectivity index (χ0n) is 14.8. The molecule has 0 radical (unpaired) electrons. The van der Waals surface area contributed by atoms with E-state index in [0.717, 1.165) is 25.0 Å². The molecular weight excluding hydrogens is 363 g/mol. The minimum absolute atomic E-state index is 0.145. The Bertz CT molecular complexity index is 713. The second-order valence-corrected chi connectivity index (χ2v) is 7.21. The number of benzene rings is 1. The predicted molar refractivity (Wildman–Crippen MR) is 90.2 cm³/mol. The topological polar surface area (TPSA) is 66.8 Å². The Hall–Kier alpha value is -2.09. The van der Waals surface area contributed by atoms with Gasteiger partial charge in [-0.3, -0.25) is 9.59 Å². The second kappa shape index (κ2) is 7.50. The molecule has 1 saturated heterocycles. The van der Waals surface area contributed by atoms with Crippen LogP contribution in [0.4, 0.5) is 13.2 Å². The maximum Gasteiger partial charge on any atom is 0.416 e. The first-order chi connectivity index (χ1) is 12.7. The number of nitrogens with zero attached hydrogens (tertiary/aromatic N) is 1. The lowest BCUT2D eigenvalue weighted by Gasteiger charge is -2.39. The normalized spacial score (nSPS) is 22.6. The molecule has 1 atom stereocenters. The zero-order valence-corrected chi connectivity index (χ0v) is 14.8. The Morgan fingerprint density at radius 2 is 1.96 bits per heavy atom. The number of ether oxygens (including phenoxy) is 1. The van der Waals surface area contributed by atoms with E-state index in [-0.39, 0.29) is 25.5 Å². The molecule has 1 aromatic rings. The van der Waals surface area contributed by atoms with Gasteiger partial charge in [0.2, 0.25) is 5.91 Å². The highest BCUT2D eigenvalue weighted by molar-refractivity contribution is 5.89. The van der Waals surface area contributed by atoms with Crippen molar-refractivity contribution in [2.45, 2.75) is 49.8 Å². The Kier molecular flexibility index (Phi) is 5.46. The van der Waals surface area contributed by atoms with Gasteiger partial charge in [-0.15, -0.1) is 0 Å². The molecule has 2 aliphatic rings. The van der Waals surface area contributed by atoms with Gasteiger partial charge >= 0.3 is 12.1 Å². The molecule has 2 fully saturated rings. The van der Waals surface area contributed by atoms with E-state index in [9.17, 15) is 22.8 Å². The van der Waals surface area contributed by atoms with E-state index >= 15 is 0 Å². The van der Waals surface area contributed by atoms with Crippen LogP contribution < -0.4 is 0 Å². The predicted octanol–water partition coefficient (Wildman–Crippen LogP) is 3.22. The van der Waals surface area contributed by atoms with Gasteiger partial charge in [-0.1, -0.05) is 31.0 Å². The molecule has 148 valence electrons.